The SMILES string of the molecule is Cc1ccc2c(c1)C(=O)/C(=C/c1ccc(Cl)cc1)CCC2. The molecule has 0 amide bonds. The number of ketones is 1. The number of fused-ring (bicyclic) bond motifs is 1. The predicted molar refractivity (Wildman–Crippen MR) is 87.9 cm³/mol. The minimum atomic E-state index is 0.168. The van der Waals surface area contributed by atoms with E-state index in [2.05, 4.69) is 12.1 Å². The lowest BCUT2D eigenvalue weighted by Crippen LogP contribution is -2.04. The molecule has 21 heavy (non-hydrogen) atoms. The van der Waals surface area contributed by atoms with Crippen molar-refractivity contribution >= 4 is 23.5 Å². The van der Waals surface area contributed by atoms with Crippen LogP contribution in [0.25, 0.3) is 6.08 Å². The molecule has 0 aliphatic heterocycles. The molecule has 2 aromatic rings. The van der Waals surface area contributed by atoms with E-state index in [-0.39, 0.29) is 5.78 Å². The van der Waals surface area contributed by atoms with Gasteiger partial charge in [0.1, 0.15) is 0 Å². The van der Waals surface area contributed by atoms with Gasteiger partial charge in [-0.05, 0) is 61.6 Å². The summed E-state index contributed by atoms with van der Waals surface area (Å²) in [5.41, 5.74) is 5.09. The molecule has 1 nitrogen and oxygen atoms in total. The minimum Gasteiger partial charge on any atom is -0.289 e. The largest absolute Gasteiger partial charge is 0.289 e. The summed E-state index contributed by atoms with van der Waals surface area (Å²) >= 11 is 5.91. The maximum Gasteiger partial charge on any atom is 0.189 e. The van der Waals surface area contributed by atoms with E-state index in [1.54, 1.807) is 0 Å². The number of aryl methyl sites for hydroxylation is 2. The molecule has 0 N–H and O–H groups in total. The summed E-state index contributed by atoms with van der Waals surface area (Å²) in [6.45, 7) is 2.03. The zero-order chi connectivity index (χ0) is 14.8. The Kier molecular flexibility index (Phi) is 3.94. The lowest BCUT2D eigenvalue weighted by molar-refractivity contribution is 0.103. The van der Waals surface area contributed by atoms with Crippen LogP contribution in [-0.4, -0.2) is 5.78 Å². The van der Waals surface area contributed by atoms with Gasteiger partial charge in [0.15, 0.2) is 5.78 Å². The number of halogens is 1. The third-order valence-corrected chi connectivity index (χ3v) is 4.16. The first-order chi connectivity index (χ1) is 10.1. The first-order valence-corrected chi connectivity index (χ1v) is 7.61. The number of hydrogen-bond donors (Lipinski definition) is 0. The molecule has 0 saturated heterocycles. The standard InChI is InChI=1S/C19H17ClO/c1-13-5-8-15-3-2-4-16(19(21)18(15)11-13)12-14-6-9-17(20)10-7-14/h5-12H,2-4H2,1H3/b16-12+. The van der Waals surface area contributed by atoms with E-state index in [1.807, 2.05) is 43.3 Å². The van der Waals surface area contributed by atoms with Crippen LogP contribution in [0.4, 0.5) is 0 Å². The summed E-state index contributed by atoms with van der Waals surface area (Å²) in [5.74, 6) is 0.168. The van der Waals surface area contributed by atoms with Crippen LogP contribution >= 0.6 is 11.6 Å². The Balaban J connectivity index is 2.00. The monoisotopic (exact) mass is 296 g/mol. The second-order valence-corrected chi connectivity index (χ2v) is 6.00. The highest BCUT2D eigenvalue weighted by atomic mass is 35.5. The van der Waals surface area contributed by atoms with Gasteiger partial charge in [-0.2, -0.15) is 0 Å². The van der Waals surface area contributed by atoms with Crippen molar-refractivity contribution in [2.75, 3.05) is 0 Å². The number of allylic oxidation sites excluding steroid dienone is 1. The van der Waals surface area contributed by atoms with Crippen molar-refractivity contribution < 1.29 is 4.79 Å². The van der Waals surface area contributed by atoms with Crippen molar-refractivity contribution in [1.29, 1.82) is 0 Å². The first kappa shape index (κ1) is 14.1. The van der Waals surface area contributed by atoms with Gasteiger partial charge in [-0.15, -0.1) is 0 Å². The van der Waals surface area contributed by atoms with Crippen LogP contribution in [0.5, 0.6) is 0 Å². The maximum atomic E-state index is 12.8. The van der Waals surface area contributed by atoms with E-state index in [1.165, 1.54) is 5.56 Å². The fourth-order valence-corrected chi connectivity index (χ4v) is 2.90. The summed E-state index contributed by atoms with van der Waals surface area (Å²) in [6.07, 6.45) is 4.81. The van der Waals surface area contributed by atoms with Gasteiger partial charge in [-0.3, -0.25) is 4.79 Å². The average molecular weight is 297 g/mol. The van der Waals surface area contributed by atoms with Crippen molar-refractivity contribution in [2.45, 2.75) is 26.2 Å². The second-order valence-electron chi connectivity index (χ2n) is 5.56. The van der Waals surface area contributed by atoms with E-state index in [9.17, 15) is 4.79 Å². The van der Waals surface area contributed by atoms with Crippen LogP contribution in [0.3, 0.4) is 0 Å². The fraction of sp³-hybridized carbons (Fsp3) is 0.211. The van der Waals surface area contributed by atoms with Crippen LogP contribution in [0, 0.1) is 6.92 Å². The summed E-state index contributed by atoms with van der Waals surface area (Å²) in [6, 6.07) is 13.8. The normalized spacial score (nSPS) is 16.7. The van der Waals surface area contributed by atoms with Crippen molar-refractivity contribution in [3.63, 3.8) is 0 Å². The first-order valence-electron chi connectivity index (χ1n) is 7.24. The second kappa shape index (κ2) is 5.87. The van der Waals surface area contributed by atoms with Crippen molar-refractivity contribution in [3.05, 3.63) is 75.3 Å². The minimum absolute atomic E-state index is 0.168. The number of rotatable bonds is 1. The van der Waals surface area contributed by atoms with E-state index >= 15 is 0 Å². The molecule has 106 valence electrons. The highest BCUT2D eigenvalue weighted by Crippen LogP contribution is 2.26. The molecule has 0 fully saturated rings. The van der Waals surface area contributed by atoms with Gasteiger partial charge < -0.3 is 0 Å². The molecule has 1 aliphatic carbocycles. The molecule has 2 heteroatoms. The predicted octanol–water partition coefficient (Wildman–Crippen LogP) is 5.25. The summed E-state index contributed by atoms with van der Waals surface area (Å²) in [5, 5.41) is 0.713. The van der Waals surface area contributed by atoms with Crippen LogP contribution in [-0.2, 0) is 6.42 Å². The summed E-state index contributed by atoms with van der Waals surface area (Å²) < 4.78 is 0. The Morgan fingerprint density at radius 2 is 1.81 bits per heavy atom. The van der Waals surface area contributed by atoms with Gasteiger partial charge >= 0.3 is 0 Å². The molecule has 3 rings (SSSR count). The number of benzene rings is 2. The Morgan fingerprint density at radius 3 is 2.57 bits per heavy atom. The smallest absolute Gasteiger partial charge is 0.189 e. The molecule has 0 bridgehead atoms. The third kappa shape index (κ3) is 3.08. The molecule has 0 aromatic heterocycles. The lowest BCUT2D eigenvalue weighted by Gasteiger charge is -2.06. The van der Waals surface area contributed by atoms with Crippen molar-refractivity contribution in [1.82, 2.24) is 0 Å². The molecule has 0 atom stereocenters. The van der Waals surface area contributed by atoms with E-state index in [4.69, 9.17) is 11.6 Å². The molecule has 0 heterocycles. The number of hydrogen-bond acceptors (Lipinski definition) is 1. The van der Waals surface area contributed by atoms with E-state index in [0.29, 0.717) is 5.02 Å². The van der Waals surface area contributed by atoms with Gasteiger partial charge in [0.25, 0.3) is 0 Å². The number of carbonyl (C=O) groups is 1. The Labute approximate surface area is 130 Å². The topological polar surface area (TPSA) is 17.1 Å². The zero-order valence-electron chi connectivity index (χ0n) is 12.0. The number of Topliss-reactive ketones (excluding diaryl/α,β-unsaturated/α-hetero) is 1. The summed E-state index contributed by atoms with van der Waals surface area (Å²) in [7, 11) is 0. The van der Waals surface area contributed by atoms with Gasteiger partial charge in [0, 0.05) is 16.2 Å². The van der Waals surface area contributed by atoms with E-state index < -0.39 is 0 Å². The molecule has 0 radical (unpaired) electrons. The molecule has 1 aliphatic rings. The molecule has 0 saturated carbocycles. The van der Waals surface area contributed by atoms with Crippen LogP contribution in [0.1, 0.15) is 39.9 Å². The van der Waals surface area contributed by atoms with Crippen LogP contribution in [0.2, 0.25) is 5.02 Å². The Morgan fingerprint density at radius 1 is 1.05 bits per heavy atom. The summed E-state index contributed by atoms with van der Waals surface area (Å²) in [4.78, 5) is 12.8. The fourth-order valence-electron chi connectivity index (χ4n) is 2.77. The Bertz CT molecular complexity index is 711. The highest BCUT2D eigenvalue weighted by Gasteiger charge is 2.19. The van der Waals surface area contributed by atoms with Crippen molar-refractivity contribution in [2.24, 2.45) is 0 Å². The van der Waals surface area contributed by atoms with Crippen molar-refractivity contribution in [3.8, 4) is 0 Å². The van der Waals surface area contributed by atoms with Gasteiger partial charge in [-0.25, -0.2) is 0 Å². The maximum absolute atomic E-state index is 12.8. The van der Waals surface area contributed by atoms with Gasteiger partial charge in [0.2, 0.25) is 0 Å². The molecular formula is C19H17ClO. The average Bonchev–Trinajstić information content (AvgIpc) is 2.62. The van der Waals surface area contributed by atoms with Gasteiger partial charge in [0.05, 0.1) is 0 Å². The molecular weight excluding hydrogens is 280 g/mol. The van der Waals surface area contributed by atoms with Crippen LogP contribution in [0.15, 0.2) is 48.0 Å². The van der Waals surface area contributed by atoms with Crippen LogP contribution < -0.4 is 0 Å². The molecule has 0 unspecified atom stereocenters. The quantitative estimate of drug-likeness (QED) is 0.519. The van der Waals surface area contributed by atoms with Gasteiger partial charge in [-0.1, -0.05) is 41.4 Å². The number of carbonyl (C=O) groups excluding carboxylic acids is 1. The third-order valence-electron chi connectivity index (χ3n) is 3.90. The lowest BCUT2D eigenvalue weighted by atomic mass is 9.97. The highest BCUT2D eigenvalue weighted by molar-refractivity contribution is 6.30. The Hall–Kier alpha value is -1.86. The molecule has 0 spiro atoms. The zero-order valence-corrected chi connectivity index (χ0v) is 12.8. The van der Waals surface area contributed by atoms with E-state index in [0.717, 1.165) is 41.5 Å². The molecule has 2 aromatic carbocycles.